The highest BCUT2D eigenvalue weighted by Gasteiger charge is 2.28. The fourth-order valence-corrected chi connectivity index (χ4v) is 3.27. The van der Waals surface area contributed by atoms with Crippen LogP contribution < -0.4 is 10.6 Å². The number of amides is 2. The average Bonchev–Trinajstić information content (AvgIpc) is 2.99. The fraction of sp³-hybridized carbons (Fsp3) is 0.476. The van der Waals surface area contributed by atoms with Gasteiger partial charge >= 0.3 is 0 Å². The van der Waals surface area contributed by atoms with Gasteiger partial charge in [-0.15, -0.1) is 0 Å². The van der Waals surface area contributed by atoms with Gasteiger partial charge in [0.15, 0.2) is 5.82 Å². The van der Waals surface area contributed by atoms with E-state index in [0.717, 1.165) is 37.1 Å². The summed E-state index contributed by atoms with van der Waals surface area (Å²) in [7, 11) is 0. The van der Waals surface area contributed by atoms with E-state index in [1.165, 1.54) is 5.56 Å². The van der Waals surface area contributed by atoms with Gasteiger partial charge in [-0.1, -0.05) is 29.8 Å². The summed E-state index contributed by atoms with van der Waals surface area (Å²) in [5, 5.41) is 5.89. The minimum absolute atomic E-state index is 0.226. The molecule has 0 atom stereocenters. The fourth-order valence-electron chi connectivity index (χ4n) is 3.27. The molecular formula is C21H28N4O2. The third-order valence-electron chi connectivity index (χ3n) is 4.60. The molecule has 0 bridgehead atoms. The van der Waals surface area contributed by atoms with Crippen LogP contribution >= 0.6 is 0 Å². The minimum Gasteiger partial charge on any atom is -0.347 e. The molecule has 2 aromatic rings. The Kier molecular flexibility index (Phi) is 5.35. The molecule has 6 heteroatoms. The van der Waals surface area contributed by atoms with Crippen LogP contribution in [-0.4, -0.2) is 26.9 Å². The second-order valence-corrected chi connectivity index (χ2v) is 8.21. The number of aromatic nitrogens is 2. The number of nitrogens with zero attached hydrogens (tertiary/aromatic N) is 2. The molecule has 3 rings (SSSR count). The summed E-state index contributed by atoms with van der Waals surface area (Å²) in [6.45, 7) is 8.99. The van der Waals surface area contributed by atoms with Gasteiger partial charge in [0.05, 0.1) is 5.69 Å². The van der Waals surface area contributed by atoms with Gasteiger partial charge in [-0.2, -0.15) is 0 Å². The Labute approximate surface area is 160 Å². The average molecular weight is 368 g/mol. The van der Waals surface area contributed by atoms with E-state index in [1.807, 2.05) is 56.5 Å². The molecule has 0 fully saturated rings. The number of carbonyl (C=O) groups is 2. The summed E-state index contributed by atoms with van der Waals surface area (Å²) in [6, 6.07) is 8.05. The smallest absolute Gasteiger partial charge is 0.287 e. The number of aryl methyl sites for hydroxylation is 1. The zero-order chi connectivity index (χ0) is 19.6. The number of hydrogen-bond acceptors (Lipinski definition) is 3. The second-order valence-electron chi connectivity index (χ2n) is 8.21. The molecule has 1 aliphatic rings. The Balaban J connectivity index is 1.81. The van der Waals surface area contributed by atoms with Gasteiger partial charge in [0, 0.05) is 18.6 Å². The van der Waals surface area contributed by atoms with E-state index >= 15 is 0 Å². The van der Waals surface area contributed by atoms with Crippen LogP contribution in [0.5, 0.6) is 0 Å². The highest BCUT2D eigenvalue weighted by molar-refractivity contribution is 5.97. The maximum Gasteiger partial charge on any atom is 0.287 e. The van der Waals surface area contributed by atoms with Crippen LogP contribution in [0.15, 0.2) is 24.3 Å². The van der Waals surface area contributed by atoms with Crippen LogP contribution in [0, 0.1) is 6.92 Å². The molecular weight excluding hydrogens is 340 g/mol. The number of fused-ring (bicyclic) bond motifs is 1. The highest BCUT2D eigenvalue weighted by atomic mass is 16.2. The third-order valence-corrected chi connectivity index (χ3v) is 4.60. The van der Waals surface area contributed by atoms with E-state index < -0.39 is 0 Å². The molecule has 1 aliphatic heterocycles. The molecule has 0 spiro atoms. The summed E-state index contributed by atoms with van der Waals surface area (Å²) in [5.74, 6) is -0.126. The van der Waals surface area contributed by atoms with Gasteiger partial charge in [-0.3, -0.25) is 9.59 Å². The van der Waals surface area contributed by atoms with Gasteiger partial charge in [0.2, 0.25) is 0 Å². The van der Waals surface area contributed by atoms with Crippen molar-refractivity contribution >= 4 is 11.8 Å². The largest absolute Gasteiger partial charge is 0.347 e. The lowest BCUT2D eigenvalue weighted by atomic mass is 10.1. The molecule has 2 amide bonds. The number of benzene rings is 1. The quantitative estimate of drug-likeness (QED) is 0.871. The zero-order valence-corrected chi connectivity index (χ0v) is 16.6. The molecule has 0 saturated heterocycles. The lowest BCUT2D eigenvalue weighted by molar-refractivity contribution is 0.0903. The summed E-state index contributed by atoms with van der Waals surface area (Å²) < 4.78 is 1.91. The normalized spacial score (nSPS) is 13.8. The molecule has 0 unspecified atom stereocenters. The number of carbonyl (C=O) groups excluding carboxylic acids is 2. The monoisotopic (exact) mass is 368 g/mol. The van der Waals surface area contributed by atoms with Gasteiger partial charge in [0.25, 0.3) is 11.8 Å². The Morgan fingerprint density at radius 1 is 1.11 bits per heavy atom. The molecule has 0 radical (unpaired) electrons. The Bertz CT molecular complexity index is 844. The van der Waals surface area contributed by atoms with Crippen LogP contribution in [-0.2, 0) is 19.5 Å². The van der Waals surface area contributed by atoms with Gasteiger partial charge < -0.3 is 15.2 Å². The first-order valence-electron chi connectivity index (χ1n) is 9.50. The molecule has 0 aliphatic carbocycles. The molecule has 6 nitrogen and oxygen atoms in total. The standard InChI is InChI=1S/C21H28N4O2/c1-14-8-10-15(11-9-14)13-22-19(26)17-16-7-5-6-12-25(16)18(23-17)20(27)24-21(2,3)4/h8-11H,5-7,12-13H2,1-4H3,(H,22,26)(H,24,27). The summed E-state index contributed by atoms with van der Waals surface area (Å²) >= 11 is 0. The Morgan fingerprint density at radius 3 is 2.48 bits per heavy atom. The maximum atomic E-state index is 12.8. The molecule has 2 N–H and O–H groups in total. The van der Waals surface area contributed by atoms with Crippen LogP contribution in [0.2, 0.25) is 0 Å². The topological polar surface area (TPSA) is 76.0 Å². The van der Waals surface area contributed by atoms with Crippen LogP contribution in [0.3, 0.4) is 0 Å². The minimum atomic E-state index is -0.355. The van der Waals surface area contributed by atoms with Crippen molar-refractivity contribution in [3.63, 3.8) is 0 Å². The van der Waals surface area contributed by atoms with E-state index in [9.17, 15) is 9.59 Å². The van der Waals surface area contributed by atoms with E-state index in [2.05, 4.69) is 15.6 Å². The Morgan fingerprint density at radius 2 is 1.81 bits per heavy atom. The maximum absolute atomic E-state index is 12.8. The predicted molar refractivity (Wildman–Crippen MR) is 105 cm³/mol. The molecule has 27 heavy (non-hydrogen) atoms. The van der Waals surface area contributed by atoms with Gasteiger partial charge in [-0.05, 0) is 52.5 Å². The van der Waals surface area contributed by atoms with Crippen molar-refractivity contribution in [1.82, 2.24) is 20.2 Å². The van der Waals surface area contributed by atoms with Gasteiger partial charge in [-0.25, -0.2) is 4.98 Å². The van der Waals surface area contributed by atoms with Gasteiger partial charge in [0.1, 0.15) is 5.69 Å². The summed E-state index contributed by atoms with van der Waals surface area (Å²) in [4.78, 5) is 29.9. The number of rotatable bonds is 4. The molecule has 2 heterocycles. The first-order chi connectivity index (χ1) is 12.7. The number of imidazole rings is 1. The lowest BCUT2D eigenvalue weighted by Crippen LogP contribution is -2.42. The Hall–Kier alpha value is -2.63. The molecule has 1 aromatic heterocycles. The van der Waals surface area contributed by atoms with E-state index in [-0.39, 0.29) is 17.4 Å². The highest BCUT2D eigenvalue weighted by Crippen LogP contribution is 2.21. The van der Waals surface area contributed by atoms with Crippen molar-refractivity contribution in [1.29, 1.82) is 0 Å². The zero-order valence-electron chi connectivity index (χ0n) is 16.6. The summed E-state index contributed by atoms with van der Waals surface area (Å²) in [5.41, 5.74) is 3.10. The van der Waals surface area contributed by atoms with Crippen molar-refractivity contribution in [3.05, 3.63) is 52.6 Å². The SMILES string of the molecule is Cc1ccc(CNC(=O)c2nc(C(=O)NC(C)(C)C)n3c2CCCC3)cc1. The second kappa shape index (κ2) is 7.55. The number of nitrogens with one attached hydrogen (secondary N) is 2. The summed E-state index contributed by atoms with van der Waals surface area (Å²) in [6.07, 6.45) is 2.76. The lowest BCUT2D eigenvalue weighted by Gasteiger charge is -2.22. The third kappa shape index (κ3) is 4.56. The predicted octanol–water partition coefficient (Wildman–Crippen LogP) is 2.99. The first kappa shape index (κ1) is 19.1. The van der Waals surface area contributed by atoms with Crippen LogP contribution in [0.4, 0.5) is 0 Å². The van der Waals surface area contributed by atoms with E-state index in [1.54, 1.807) is 0 Å². The van der Waals surface area contributed by atoms with Crippen molar-refractivity contribution in [2.24, 2.45) is 0 Å². The number of hydrogen-bond donors (Lipinski definition) is 2. The molecule has 0 saturated carbocycles. The van der Waals surface area contributed by atoms with Crippen molar-refractivity contribution in [2.45, 2.75) is 65.6 Å². The van der Waals surface area contributed by atoms with Crippen LogP contribution in [0.1, 0.15) is 71.5 Å². The van der Waals surface area contributed by atoms with Crippen LogP contribution in [0.25, 0.3) is 0 Å². The molecule has 1 aromatic carbocycles. The van der Waals surface area contributed by atoms with E-state index in [4.69, 9.17) is 0 Å². The molecule has 144 valence electrons. The van der Waals surface area contributed by atoms with Crippen molar-refractivity contribution < 1.29 is 9.59 Å². The first-order valence-corrected chi connectivity index (χ1v) is 9.50. The van der Waals surface area contributed by atoms with E-state index in [0.29, 0.717) is 18.1 Å². The van der Waals surface area contributed by atoms with Crippen molar-refractivity contribution in [3.8, 4) is 0 Å². The van der Waals surface area contributed by atoms with Crippen molar-refractivity contribution in [2.75, 3.05) is 0 Å².